The van der Waals surface area contributed by atoms with Gasteiger partial charge in [-0.1, -0.05) is 23.4 Å². The van der Waals surface area contributed by atoms with Gasteiger partial charge in [0.1, 0.15) is 0 Å². The number of nitrogens with zero attached hydrogens (tertiary/aromatic N) is 4. The van der Waals surface area contributed by atoms with Crippen LogP contribution in [0, 0.1) is 25.2 Å². The number of aryl methyl sites for hydroxylation is 2. The Balaban J connectivity index is 1.59. The first-order chi connectivity index (χ1) is 13.0. The molecule has 1 unspecified atom stereocenters. The summed E-state index contributed by atoms with van der Waals surface area (Å²) in [6, 6.07) is 15.2. The van der Waals surface area contributed by atoms with E-state index in [2.05, 4.69) is 16.2 Å². The Morgan fingerprint density at radius 2 is 2.07 bits per heavy atom. The first-order valence-electron chi connectivity index (χ1n) is 8.77. The molecule has 1 saturated heterocycles. The van der Waals surface area contributed by atoms with Crippen LogP contribution in [0.5, 0.6) is 0 Å². The third-order valence-corrected chi connectivity index (χ3v) is 4.83. The normalized spacial score (nSPS) is 16.6. The number of hydrogen-bond acceptors (Lipinski definition) is 5. The third-order valence-electron chi connectivity index (χ3n) is 4.83. The van der Waals surface area contributed by atoms with Crippen molar-refractivity contribution in [3.63, 3.8) is 0 Å². The number of amides is 1. The highest BCUT2D eigenvalue weighted by atomic mass is 16.5. The van der Waals surface area contributed by atoms with Gasteiger partial charge in [-0.3, -0.25) is 4.79 Å². The van der Waals surface area contributed by atoms with E-state index in [9.17, 15) is 4.79 Å². The van der Waals surface area contributed by atoms with Gasteiger partial charge in [0.05, 0.1) is 11.6 Å². The van der Waals surface area contributed by atoms with Gasteiger partial charge in [-0.05, 0) is 49.2 Å². The van der Waals surface area contributed by atoms with E-state index < -0.39 is 0 Å². The van der Waals surface area contributed by atoms with Crippen LogP contribution >= 0.6 is 0 Å². The lowest BCUT2D eigenvalue weighted by atomic mass is 10.1. The van der Waals surface area contributed by atoms with Gasteiger partial charge in [0.25, 0.3) is 5.89 Å². The highest BCUT2D eigenvalue weighted by Gasteiger charge is 2.35. The summed E-state index contributed by atoms with van der Waals surface area (Å²) in [5.41, 5.74) is 4.35. The molecule has 0 bridgehead atoms. The van der Waals surface area contributed by atoms with Gasteiger partial charge in [-0.25, -0.2) is 0 Å². The van der Waals surface area contributed by atoms with Crippen LogP contribution in [-0.4, -0.2) is 22.6 Å². The van der Waals surface area contributed by atoms with Crippen molar-refractivity contribution >= 4 is 11.6 Å². The molecule has 0 spiro atoms. The third kappa shape index (κ3) is 3.20. The van der Waals surface area contributed by atoms with Crippen LogP contribution in [0.3, 0.4) is 0 Å². The average Bonchev–Trinajstić information content (AvgIpc) is 3.31. The molecule has 1 amide bonds. The average molecular weight is 358 g/mol. The fraction of sp³-hybridized carbons (Fsp3) is 0.238. The lowest BCUT2D eigenvalue weighted by Gasteiger charge is -2.19. The molecule has 1 fully saturated rings. The second kappa shape index (κ2) is 6.69. The van der Waals surface area contributed by atoms with E-state index in [-0.39, 0.29) is 11.8 Å². The van der Waals surface area contributed by atoms with Gasteiger partial charge in [-0.2, -0.15) is 10.2 Å². The number of carbonyl (C=O) groups excluding carboxylic acids is 1. The minimum atomic E-state index is -0.117. The van der Waals surface area contributed by atoms with E-state index in [0.29, 0.717) is 35.8 Å². The van der Waals surface area contributed by atoms with Crippen LogP contribution in [0.1, 0.15) is 34.9 Å². The Labute approximate surface area is 157 Å². The minimum Gasteiger partial charge on any atom is -0.334 e. The largest absolute Gasteiger partial charge is 0.334 e. The van der Waals surface area contributed by atoms with Crippen molar-refractivity contribution in [2.75, 3.05) is 11.4 Å². The molecule has 2 heterocycles. The molecule has 27 heavy (non-hydrogen) atoms. The Bertz CT molecular complexity index is 1060. The maximum atomic E-state index is 12.6. The molecule has 0 radical (unpaired) electrons. The summed E-state index contributed by atoms with van der Waals surface area (Å²) >= 11 is 0. The van der Waals surface area contributed by atoms with Gasteiger partial charge >= 0.3 is 0 Å². The van der Waals surface area contributed by atoms with Crippen LogP contribution in [0.4, 0.5) is 5.69 Å². The van der Waals surface area contributed by atoms with Crippen molar-refractivity contribution < 1.29 is 9.32 Å². The smallest absolute Gasteiger partial charge is 0.257 e. The first kappa shape index (κ1) is 17.0. The molecule has 0 N–H and O–H groups in total. The van der Waals surface area contributed by atoms with Crippen molar-refractivity contribution in [3.05, 3.63) is 65.0 Å². The second-order valence-corrected chi connectivity index (χ2v) is 6.85. The van der Waals surface area contributed by atoms with Gasteiger partial charge in [0.2, 0.25) is 5.91 Å². The van der Waals surface area contributed by atoms with E-state index in [1.54, 1.807) is 23.1 Å². The zero-order valence-corrected chi connectivity index (χ0v) is 15.1. The quantitative estimate of drug-likeness (QED) is 0.712. The molecule has 6 heteroatoms. The van der Waals surface area contributed by atoms with Gasteiger partial charge in [0, 0.05) is 30.1 Å². The molecule has 0 saturated carbocycles. The van der Waals surface area contributed by atoms with E-state index >= 15 is 0 Å². The van der Waals surface area contributed by atoms with Crippen LogP contribution in [0.2, 0.25) is 0 Å². The summed E-state index contributed by atoms with van der Waals surface area (Å²) in [6.07, 6.45) is 0.352. The predicted molar refractivity (Wildman–Crippen MR) is 100 cm³/mol. The molecule has 1 aliphatic rings. The molecular weight excluding hydrogens is 340 g/mol. The van der Waals surface area contributed by atoms with Gasteiger partial charge in [-0.15, -0.1) is 0 Å². The SMILES string of the molecule is Cc1ccc(C)c(N2CC(c3noc(-c4cccc(C#N)c4)n3)CC2=O)c1. The number of hydrogen-bond donors (Lipinski definition) is 0. The highest BCUT2D eigenvalue weighted by molar-refractivity contribution is 5.97. The zero-order valence-electron chi connectivity index (χ0n) is 15.1. The van der Waals surface area contributed by atoms with Crippen molar-refractivity contribution in [2.24, 2.45) is 0 Å². The van der Waals surface area contributed by atoms with Crippen LogP contribution < -0.4 is 4.90 Å². The summed E-state index contributed by atoms with van der Waals surface area (Å²) in [7, 11) is 0. The molecule has 0 aliphatic carbocycles. The second-order valence-electron chi connectivity index (χ2n) is 6.85. The monoisotopic (exact) mass is 358 g/mol. The Hall–Kier alpha value is -3.46. The Morgan fingerprint density at radius 1 is 1.22 bits per heavy atom. The van der Waals surface area contributed by atoms with Crippen molar-refractivity contribution in [2.45, 2.75) is 26.2 Å². The minimum absolute atomic E-state index is 0.0616. The predicted octanol–water partition coefficient (Wildman–Crippen LogP) is 3.75. The van der Waals surface area contributed by atoms with Crippen molar-refractivity contribution in [1.82, 2.24) is 10.1 Å². The summed E-state index contributed by atoms with van der Waals surface area (Å²) in [6.45, 7) is 4.55. The lowest BCUT2D eigenvalue weighted by molar-refractivity contribution is -0.117. The Morgan fingerprint density at radius 3 is 2.89 bits per heavy atom. The summed E-state index contributed by atoms with van der Waals surface area (Å²) in [5, 5.41) is 13.1. The fourth-order valence-electron chi connectivity index (χ4n) is 3.36. The molecule has 134 valence electrons. The van der Waals surface area contributed by atoms with Gasteiger partial charge in [0.15, 0.2) is 5.82 Å². The molecule has 3 aromatic rings. The summed E-state index contributed by atoms with van der Waals surface area (Å²) < 4.78 is 5.38. The van der Waals surface area contributed by atoms with E-state index in [1.807, 2.05) is 38.1 Å². The molecule has 1 aliphatic heterocycles. The first-order valence-corrected chi connectivity index (χ1v) is 8.77. The number of carbonyl (C=O) groups is 1. The molecule has 1 aromatic heterocycles. The number of aromatic nitrogens is 2. The molecule has 1 atom stereocenters. The summed E-state index contributed by atoms with van der Waals surface area (Å²) in [5.74, 6) is 0.828. The summed E-state index contributed by atoms with van der Waals surface area (Å²) in [4.78, 5) is 18.9. The fourth-order valence-corrected chi connectivity index (χ4v) is 3.36. The van der Waals surface area contributed by atoms with E-state index in [1.165, 1.54) is 0 Å². The zero-order chi connectivity index (χ0) is 19.0. The molecule has 4 rings (SSSR count). The van der Waals surface area contributed by atoms with Crippen LogP contribution in [-0.2, 0) is 4.79 Å². The Kier molecular flexibility index (Phi) is 4.21. The lowest BCUT2D eigenvalue weighted by Crippen LogP contribution is -2.25. The molecule has 6 nitrogen and oxygen atoms in total. The highest BCUT2D eigenvalue weighted by Crippen LogP contribution is 2.33. The van der Waals surface area contributed by atoms with Crippen molar-refractivity contribution in [1.29, 1.82) is 5.26 Å². The number of benzene rings is 2. The topological polar surface area (TPSA) is 83.0 Å². The maximum Gasteiger partial charge on any atom is 0.257 e. The molecular formula is C21H18N4O2. The number of nitriles is 1. The van der Waals surface area contributed by atoms with E-state index in [0.717, 1.165) is 16.8 Å². The molecule has 2 aromatic carbocycles. The maximum absolute atomic E-state index is 12.6. The standard InChI is InChI=1S/C21H18N4O2/c1-13-6-7-14(2)18(8-13)25-12-17(10-19(25)26)20-23-21(27-24-20)16-5-3-4-15(9-16)11-22/h3-9,17H,10,12H2,1-2H3. The van der Waals surface area contributed by atoms with Crippen LogP contribution in [0.25, 0.3) is 11.5 Å². The van der Waals surface area contributed by atoms with Gasteiger partial charge < -0.3 is 9.42 Å². The van der Waals surface area contributed by atoms with Crippen LogP contribution in [0.15, 0.2) is 47.0 Å². The number of anilines is 1. The van der Waals surface area contributed by atoms with E-state index in [4.69, 9.17) is 9.78 Å². The number of rotatable bonds is 3. The van der Waals surface area contributed by atoms with Crippen molar-refractivity contribution in [3.8, 4) is 17.5 Å².